The summed E-state index contributed by atoms with van der Waals surface area (Å²) >= 11 is 0. The summed E-state index contributed by atoms with van der Waals surface area (Å²) in [4.78, 5) is 9.44. The summed E-state index contributed by atoms with van der Waals surface area (Å²) < 4.78 is 34.1. The second kappa shape index (κ2) is 7.64. The quantitative estimate of drug-likeness (QED) is 0.215. The number of hydrogen-bond acceptors (Lipinski definition) is 5. The van der Waals surface area contributed by atoms with Crippen molar-refractivity contribution in [1.82, 2.24) is 0 Å². The molecule has 0 unspecified atom stereocenters. The van der Waals surface area contributed by atoms with Crippen LogP contribution in [0.5, 0.6) is 0 Å². The fourth-order valence-corrected chi connectivity index (χ4v) is 0. The molecule has 56 valence electrons. The summed E-state index contributed by atoms with van der Waals surface area (Å²) in [5, 5.41) is 0. The van der Waals surface area contributed by atoms with Gasteiger partial charge in [0.25, 0.3) is 0 Å². The van der Waals surface area contributed by atoms with Crippen LogP contribution >= 0.6 is 0 Å². The molecule has 0 heterocycles. The molecule has 0 aromatic carbocycles. The van der Waals surface area contributed by atoms with Gasteiger partial charge in [0.15, 0.2) is 0 Å². The predicted octanol–water partition coefficient (Wildman–Crippen LogP) is -3.74. The fourth-order valence-electron chi connectivity index (χ4n) is 0. The monoisotopic (exact) mass is 177 g/mol. The number of hydrogen-bond donors (Lipinski definition) is 0. The van der Waals surface area contributed by atoms with Crippen molar-refractivity contribution in [2.24, 2.45) is 0 Å². The van der Waals surface area contributed by atoms with E-state index in [0.29, 0.717) is 0 Å². The average molecular weight is 177 g/mol. The van der Waals surface area contributed by atoms with Gasteiger partial charge in [-0.3, -0.25) is 8.42 Å². The minimum absolute atomic E-state index is 0. The molecule has 0 aliphatic rings. The van der Waals surface area contributed by atoms with E-state index in [1.54, 1.807) is 0 Å². The van der Waals surface area contributed by atoms with Crippen molar-refractivity contribution in [2.75, 3.05) is 0 Å². The van der Waals surface area contributed by atoms with E-state index in [0.717, 1.165) is 0 Å². The van der Waals surface area contributed by atoms with Gasteiger partial charge in [0, 0.05) is 10.4 Å². The Morgan fingerprint density at radius 1 is 1.20 bits per heavy atom. The summed E-state index contributed by atoms with van der Waals surface area (Å²) in [5.41, 5.74) is 0. The molecule has 0 aliphatic carbocycles. The number of carbonyl (C=O) groups excluding carboxylic acids is 1. The van der Waals surface area contributed by atoms with Crippen molar-refractivity contribution < 1.29 is 51.9 Å². The first-order valence-electron chi connectivity index (χ1n) is 1.87. The normalized spacial score (nSPS) is 8.40. The van der Waals surface area contributed by atoms with E-state index < -0.39 is 10.4 Å². The van der Waals surface area contributed by atoms with Gasteiger partial charge < -0.3 is 13.9 Å². The maximum atomic E-state index is 9.44. The Kier molecular flexibility index (Phi) is 12.9. The van der Waals surface area contributed by atoms with Crippen LogP contribution in [0.15, 0.2) is 0 Å². The number of Topliss-reactive ketones (excluding diaryl/α,β-unsaturated/α-hetero) is 1. The summed E-state index contributed by atoms with van der Waals surface area (Å²) in [6, 6.07) is 0. The van der Waals surface area contributed by atoms with E-state index in [1.807, 2.05) is 0 Å². The molecule has 5 nitrogen and oxygen atoms in total. The maximum absolute atomic E-state index is 9.44. The standard InChI is InChI=1S/C3H6O.Na.H2O4S/c1-3(2)4;;1-5(2,3)4/h1-2H3;;(H2,1,2,3,4)/q;+1;/p-2. The SMILES string of the molecule is CC(C)=O.O=S(=O)([O-])[O-].[Na+]. The van der Waals surface area contributed by atoms with Gasteiger partial charge in [-0.25, -0.2) is 0 Å². The van der Waals surface area contributed by atoms with E-state index in [1.165, 1.54) is 13.8 Å². The Labute approximate surface area is 81.7 Å². The van der Waals surface area contributed by atoms with Crippen LogP contribution in [0.3, 0.4) is 0 Å². The number of rotatable bonds is 0. The molecular formula is C3H6NaO5S-. The molecule has 0 radical (unpaired) electrons. The minimum Gasteiger partial charge on any atom is -0.759 e. The summed E-state index contributed by atoms with van der Waals surface area (Å²) in [6.07, 6.45) is 0. The Balaban J connectivity index is -0.0000000910. The van der Waals surface area contributed by atoms with Crippen LogP contribution in [-0.2, 0) is 15.2 Å². The second-order valence-electron chi connectivity index (χ2n) is 1.32. The van der Waals surface area contributed by atoms with Crippen LogP contribution in [0, 0.1) is 0 Å². The van der Waals surface area contributed by atoms with Gasteiger partial charge >= 0.3 is 29.6 Å². The van der Waals surface area contributed by atoms with Crippen molar-refractivity contribution >= 4 is 16.2 Å². The van der Waals surface area contributed by atoms with E-state index in [-0.39, 0.29) is 35.3 Å². The maximum Gasteiger partial charge on any atom is 1.00 e. The first-order chi connectivity index (χ1) is 3.73. The minimum atomic E-state index is -5.17. The van der Waals surface area contributed by atoms with Crippen LogP contribution in [0.4, 0.5) is 0 Å². The van der Waals surface area contributed by atoms with E-state index in [4.69, 9.17) is 17.5 Å². The van der Waals surface area contributed by atoms with Gasteiger partial charge in [0.05, 0.1) is 0 Å². The van der Waals surface area contributed by atoms with Gasteiger partial charge in [-0.2, -0.15) is 0 Å². The average Bonchev–Trinajstić information content (AvgIpc) is 1.19. The van der Waals surface area contributed by atoms with Crippen molar-refractivity contribution in [3.63, 3.8) is 0 Å². The van der Waals surface area contributed by atoms with Crippen LogP contribution < -0.4 is 29.6 Å². The molecule has 0 N–H and O–H groups in total. The van der Waals surface area contributed by atoms with Crippen molar-refractivity contribution in [2.45, 2.75) is 13.8 Å². The molecule has 0 bridgehead atoms. The topological polar surface area (TPSA) is 97.3 Å². The molecule has 0 fully saturated rings. The number of ketones is 1. The smallest absolute Gasteiger partial charge is 0.759 e. The largest absolute Gasteiger partial charge is 1.00 e. The van der Waals surface area contributed by atoms with E-state index in [2.05, 4.69) is 0 Å². The van der Waals surface area contributed by atoms with E-state index >= 15 is 0 Å². The van der Waals surface area contributed by atoms with Gasteiger partial charge in [-0.1, -0.05) is 0 Å². The van der Waals surface area contributed by atoms with Gasteiger partial charge in [0.1, 0.15) is 5.78 Å². The third-order valence-corrected chi connectivity index (χ3v) is 0. The zero-order valence-corrected chi connectivity index (χ0v) is 8.77. The first kappa shape index (κ1) is 16.9. The fraction of sp³-hybridized carbons (Fsp3) is 0.667. The van der Waals surface area contributed by atoms with Crippen molar-refractivity contribution in [3.8, 4) is 0 Å². The zero-order chi connectivity index (χ0) is 8.08. The van der Waals surface area contributed by atoms with E-state index in [9.17, 15) is 4.79 Å². The van der Waals surface area contributed by atoms with Crippen LogP contribution in [-0.4, -0.2) is 23.3 Å². The third-order valence-electron chi connectivity index (χ3n) is 0. The summed E-state index contributed by atoms with van der Waals surface area (Å²) in [5.74, 6) is 0.167. The zero-order valence-electron chi connectivity index (χ0n) is 5.95. The third kappa shape index (κ3) is 1660. The van der Waals surface area contributed by atoms with Gasteiger partial charge in [0.2, 0.25) is 0 Å². The molecule has 7 heteroatoms. The Hall–Kier alpha value is 0.540. The molecule has 10 heavy (non-hydrogen) atoms. The molecule has 0 aliphatic heterocycles. The molecular weight excluding hydrogens is 171 g/mol. The predicted molar refractivity (Wildman–Crippen MR) is 26.8 cm³/mol. The van der Waals surface area contributed by atoms with Crippen LogP contribution in [0.2, 0.25) is 0 Å². The van der Waals surface area contributed by atoms with Gasteiger partial charge in [-0.05, 0) is 13.8 Å². The summed E-state index contributed by atoms with van der Waals surface area (Å²) in [6.45, 7) is 3.06. The molecule has 0 saturated carbocycles. The van der Waals surface area contributed by atoms with Crippen LogP contribution in [0.25, 0.3) is 0 Å². The van der Waals surface area contributed by atoms with Crippen LogP contribution in [0.1, 0.15) is 13.8 Å². The molecule has 0 rings (SSSR count). The van der Waals surface area contributed by atoms with Gasteiger partial charge in [-0.15, -0.1) is 0 Å². The Morgan fingerprint density at radius 2 is 1.20 bits per heavy atom. The molecule has 0 atom stereocenters. The Bertz CT molecular complexity index is 159. The Morgan fingerprint density at radius 3 is 1.20 bits per heavy atom. The molecule has 0 spiro atoms. The number of carbonyl (C=O) groups is 1. The molecule has 0 aromatic rings. The molecule has 0 aromatic heterocycles. The van der Waals surface area contributed by atoms with Crippen molar-refractivity contribution in [1.29, 1.82) is 0 Å². The summed E-state index contributed by atoms with van der Waals surface area (Å²) in [7, 11) is -5.17. The first-order valence-corrected chi connectivity index (χ1v) is 3.20. The molecule has 0 amide bonds. The second-order valence-corrected chi connectivity index (χ2v) is 2.13. The van der Waals surface area contributed by atoms with Crippen molar-refractivity contribution in [3.05, 3.63) is 0 Å². The molecule has 0 saturated heterocycles.